The first-order valence-electron chi connectivity index (χ1n) is 9.80. The summed E-state index contributed by atoms with van der Waals surface area (Å²) in [5.74, 6) is 0.496. The van der Waals surface area contributed by atoms with E-state index < -0.39 is 11.2 Å². The van der Waals surface area contributed by atoms with Crippen LogP contribution in [0.1, 0.15) is 21.5 Å². The molecule has 4 rings (SSSR count). The standard InChI is InChI=1S/C24H21N3O3S2/c1-15-12-20(32(29)19-6-4-18(30-3)5-7-19)13-16(2)22(15)21-14-31-24(26-21)27-23(28)17-8-10-25-11-9-17/h4-14H,1-3H3,(H,26,27,28). The number of carbonyl (C=O) groups excluding carboxylic acids is 1. The molecule has 0 aliphatic rings. The first-order chi connectivity index (χ1) is 15.5. The molecular formula is C24H21N3O3S2. The van der Waals surface area contributed by atoms with Crippen LogP contribution in [-0.4, -0.2) is 27.5 Å². The van der Waals surface area contributed by atoms with Gasteiger partial charge in [-0.3, -0.25) is 15.1 Å². The third-order valence-corrected chi connectivity index (χ3v) is 7.04. The van der Waals surface area contributed by atoms with Crippen molar-refractivity contribution < 1.29 is 14.1 Å². The van der Waals surface area contributed by atoms with E-state index in [1.165, 1.54) is 11.3 Å². The molecule has 0 bridgehead atoms. The third kappa shape index (κ3) is 4.67. The Kier molecular flexibility index (Phi) is 6.55. The number of aromatic nitrogens is 2. The van der Waals surface area contributed by atoms with Crippen molar-refractivity contribution in [2.24, 2.45) is 0 Å². The van der Waals surface area contributed by atoms with Crippen LogP contribution in [0.15, 0.2) is 76.1 Å². The lowest BCUT2D eigenvalue weighted by atomic mass is 10.0. The maximum atomic E-state index is 13.1. The summed E-state index contributed by atoms with van der Waals surface area (Å²) in [6.07, 6.45) is 3.15. The Morgan fingerprint density at radius 1 is 1.03 bits per heavy atom. The quantitative estimate of drug-likeness (QED) is 0.395. The fourth-order valence-electron chi connectivity index (χ4n) is 3.39. The Balaban J connectivity index is 1.56. The summed E-state index contributed by atoms with van der Waals surface area (Å²) in [4.78, 5) is 22.3. The van der Waals surface area contributed by atoms with Crippen molar-refractivity contribution in [1.29, 1.82) is 0 Å². The summed E-state index contributed by atoms with van der Waals surface area (Å²) in [6.45, 7) is 3.96. The Labute approximate surface area is 193 Å². The van der Waals surface area contributed by atoms with Gasteiger partial charge < -0.3 is 9.29 Å². The first-order valence-corrected chi connectivity index (χ1v) is 11.8. The predicted octanol–water partition coefficient (Wildman–Crippen LogP) is 5.25. The number of anilines is 1. The van der Waals surface area contributed by atoms with E-state index >= 15 is 0 Å². The van der Waals surface area contributed by atoms with E-state index in [0.717, 1.165) is 33.0 Å². The second-order valence-corrected chi connectivity index (χ2v) is 9.44. The number of thiazole rings is 1. The van der Waals surface area contributed by atoms with Crippen molar-refractivity contribution in [1.82, 2.24) is 9.97 Å². The summed E-state index contributed by atoms with van der Waals surface area (Å²) in [7, 11) is 1.60. The number of amides is 1. The molecule has 2 aromatic carbocycles. The van der Waals surface area contributed by atoms with Crippen LogP contribution in [0.2, 0.25) is 0 Å². The van der Waals surface area contributed by atoms with Crippen molar-refractivity contribution in [3.05, 3.63) is 83.0 Å². The van der Waals surface area contributed by atoms with Crippen LogP contribution < -0.4 is 10.1 Å². The third-order valence-electron chi connectivity index (χ3n) is 4.92. The minimum atomic E-state index is -1.30. The molecule has 0 radical (unpaired) electrons. The van der Waals surface area contributed by atoms with E-state index in [1.807, 2.05) is 43.5 Å². The summed E-state index contributed by atoms with van der Waals surface area (Å²) < 4.78 is 18.2. The van der Waals surface area contributed by atoms with E-state index in [0.29, 0.717) is 15.6 Å². The second-order valence-electron chi connectivity index (χ2n) is 7.10. The Bertz CT molecular complexity index is 1220. The van der Waals surface area contributed by atoms with Crippen molar-refractivity contribution in [3.63, 3.8) is 0 Å². The number of hydrogen-bond acceptors (Lipinski definition) is 6. The van der Waals surface area contributed by atoms with Gasteiger partial charge in [-0.25, -0.2) is 4.98 Å². The molecule has 0 aliphatic carbocycles. The van der Waals surface area contributed by atoms with Gasteiger partial charge in [-0.1, -0.05) is 0 Å². The minimum Gasteiger partial charge on any atom is -0.606 e. The number of benzene rings is 2. The molecule has 0 fully saturated rings. The fourth-order valence-corrected chi connectivity index (χ4v) is 5.31. The molecule has 1 N–H and O–H groups in total. The zero-order valence-electron chi connectivity index (χ0n) is 17.8. The molecule has 2 heterocycles. The SMILES string of the molecule is COc1ccc([S+]([O-])c2cc(C)c(-c3csc(NC(=O)c4ccncc4)n3)c(C)c2)cc1. The highest BCUT2D eigenvalue weighted by atomic mass is 32.2. The van der Waals surface area contributed by atoms with Gasteiger partial charge in [0.25, 0.3) is 5.91 Å². The average Bonchev–Trinajstić information content (AvgIpc) is 3.26. The van der Waals surface area contributed by atoms with Crippen LogP contribution >= 0.6 is 11.3 Å². The molecule has 0 aliphatic heterocycles. The first kappa shape index (κ1) is 22.0. The number of hydrogen-bond donors (Lipinski definition) is 1. The van der Waals surface area contributed by atoms with Gasteiger partial charge in [-0.15, -0.1) is 11.3 Å². The van der Waals surface area contributed by atoms with Crippen molar-refractivity contribution in [2.45, 2.75) is 23.6 Å². The lowest BCUT2D eigenvalue weighted by molar-refractivity contribution is 0.102. The number of carbonyl (C=O) groups is 1. The monoisotopic (exact) mass is 463 g/mol. The molecule has 1 amide bonds. The minimum absolute atomic E-state index is 0.230. The van der Waals surface area contributed by atoms with Crippen molar-refractivity contribution >= 4 is 33.6 Å². The smallest absolute Gasteiger partial charge is 0.257 e. The lowest BCUT2D eigenvalue weighted by Crippen LogP contribution is -2.11. The predicted molar refractivity (Wildman–Crippen MR) is 127 cm³/mol. The van der Waals surface area contributed by atoms with Crippen molar-refractivity contribution in [3.8, 4) is 17.0 Å². The van der Waals surface area contributed by atoms with Gasteiger partial charge in [-0.2, -0.15) is 0 Å². The summed E-state index contributed by atoms with van der Waals surface area (Å²) in [5, 5.41) is 5.26. The highest BCUT2D eigenvalue weighted by Gasteiger charge is 2.20. The highest BCUT2D eigenvalue weighted by molar-refractivity contribution is 7.91. The summed E-state index contributed by atoms with van der Waals surface area (Å²) in [5.41, 5.74) is 4.21. The molecule has 1 atom stereocenters. The number of aryl methyl sites for hydroxylation is 2. The zero-order chi connectivity index (χ0) is 22.7. The molecule has 8 heteroatoms. The van der Waals surface area contributed by atoms with Gasteiger partial charge in [0.05, 0.1) is 12.8 Å². The maximum Gasteiger partial charge on any atom is 0.257 e. The second kappa shape index (κ2) is 9.52. The Morgan fingerprint density at radius 2 is 1.69 bits per heavy atom. The van der Waals surface area contributed by atoms with Crippen LogP contribution in [0.25, 0.3) is 11.3 Å². The maximum absolute atomic E-state index is 13.1. The molecule has 4 aromatic rings. The van der Waals surface area contributed by atoms with E-state index in [2.05, 4.69) is 15.3 Å². The van der Waals surface area contributed by atoms with Gasteiger partial charge >= 0.3 is 0 Å². The Morgan fingerprint density at radius 3 is 2.31 bits per heavy atom. The van der Waals surface area contributed by atoms with E-state index in [-0.39, 0.29) is 5.91 Å². The molecule has 1 unspecified atom stereocenters. The Hall–Kier alpha value is -3.20. The molecule has 32 heavy (non-hydrogen) atoms. The normalized spacial score (nSPS) is 11.8. The van der Waals surface area contributed by atoms with Crippen LogP contribution in [0.3, 0.4) is 0 Å². The van der Waals surface area contributed by atoms with Crippen molar-refractivity contribution in [2.75, 3.05) is 12.4 Å². The summed E-state index contributed by atoms with van der Waals surface area (Å²) in [6, 6.07) is 14.4. The van der Waals surface area contributed by atoms with Crippen LogP contribution in [0.5, 0.6) is 5.75 Å². The highest BCUT2D eigenvalue weighted by Crippen LogP contribution is 2.34. The number of methoxy groups -OCH3 is 1. The number of ether oxygens (including phenoxy) is 1. The zero-order valence-corrected chi connectivity index (χ0v) is 19.4. The largest absolute Gasteiger partial charge is 0.606 e. The molecule has 6 nitrogen and oxygen atoms in total. The average molecular weight is 464 g/mol. The van der Waals surface area contributed by atoms with E-state index in [1.54, 1.807) is 43.8 Å². The molecule has 162 valence electrons. The molecule has 0 saturated heterocycles. The molecule has 0 spiro atoms. The molecule has 2 aromatic heterocycles. The molecular weight excluding hydrogens is 442 g/mol. The lowest BCUT2D eigenvalue weighted by Gasteiger charge is -2.14. The van der Waals surface area contributed by atoms with Gasteiger partial charge in [0, 0.05) is 40.1 Å². The van der Waals surface area contributed by atoms with Gasteiger partial charge in [0.1, 0.15) is 5.75 Å². The van der Waals surface area contributed by atoms with Gasteiger partial charge in [0.15, 0.2) is 14.9 Å². The van der Waals surface area contributed by atoms with Crippen LogP contribution in [-0.2, 0) is 11.2 Å². The van der Waals surface area contributed by atoms with E-state index in [4.69, 9.17) is 4.74 Å². The van der Waals surface area contributed by atoms with Crippen LogP contribution in [0, 0.1) is 13.8 Å². The number of nitrogens with one attached hydrogen (secondary N) is 1. The summed E-state index contributed by atoms with van der Waals surface area (Å²) >= 11 is 0.0635. The topological polar surface area (TPSA) is 87.2 Å². The fraction of sp³-hybridized carbons (Fsp3) is 0.125. The molecule has 0 saturated carbocycles. The number of pyridine rings is 1. The van der Waals surface area contributed by atoms with Crippen LogP contribution in [0.4, 0.5) is 5.13 Å². The number of rotatable bonds is 6. The van der Waals surface area contributed by atoms with Gasteiger partial charge in [-0.05, 0) is 73.5 Å². The van der Waals surface area contributed by atoms with Gasteiger partial charge in [0.2, 0.25) is 0 Å². The number of nitrogens with zero attached hydrogens (tertiary/aromatic N) is 2. The van der Waals surface area contributed by atoms with E-state index in [9.17, 15) is 9.35 Å².